The molecular formula is C20H17ClN2O3S. The van der Waals surface area contributed by atoms with Gasteiger partial charge in [-0.05, 0) is 48.9 Å². The van der Waals surface area contributed by atoms with Crippen molar-refractivity contribution in [1.82, 2.24) is 0 Å². The third-order valence-corrected chi connectivity index (χ3v) is 5.29. The number of non-ortho nitro benzene ring substituents is 1. The van der Waals surface area contributed by atoms with Crippen LogP contribution in [0, 0.1) is 17.0 Å². The van der Waals surface area contributed by atoms with Crippen molar-refractivity contribution in [3.63, 3.8) is 0 Å². The highest BCUT2D eigenvalue weighted by Crippen LogP contribution is 2.34. The van der Waals surface area contributed by atoms with Gasteiger partial charge in [-0.1, -0.05) is 41.1 Å². The Morgan fingerprint density at radius 1 is 1.11 bits per heavy atom. The van der Waals surface area contributed by atoms with Gasteiger partial charge in [-0.3, -0.25) is 10.1 Å². The van der Waals surface area contributed by atoms with Gasteiger partial charge in [-0.2, -0.15) is 0 Å². The molecule has 0 radical (unpaired) electrons. The van der Waals surface area contributed by atoms with E-state index >= 15 is 0 Å². The van der Waals surface area contributed by atoms with Gasteiger partial charge in [0.25, 0.3) is 5.69 Å². The van der Waals surface area contributed by atoms with Crippen LogP contribution in [0.5, 0.6) is 5.75 Å². The Labute approximate surface area is 166 Å². The second-order valence-electron chi connectivity index (χ2n) is 5.98. The zero-order valence-electron chi connectivity index (χ0n) is 14.5. The lowest BCUT2D eigenvalue weighted by atomic mass is 10.2. The van der Waals surface area contributed by atoms with Gasteiger partial charge in [0, 0.05) is 33.5 Å². The van der Waals surface area contributed by atoms with Gasteiger partial charge >= 0.3 is 0 Å². The first-order valence-electron chi connectivity index (χ1n) is 8.16. The molecule has 0 fully saturated rings. The highest BCUT2D eigenvalue weighted by molar-refractivity contribution is 7.99. The summed E-state index contributed by atoms with van der Waals surface area (Å²) in [6, 6.07) is 17.6. The Bertz CT molecular complexity index is 977. The van der Waals surface area contributed by atoms with Crippen molar-refractivity contribution in [1.29, 1.82) is 0 Å². The van der Waals surface area contributed by atoms with E-state index in [-0.39, 0.29) is 11.4 Å². The van der Waals surface area contributed by atoms with Crippen molar-refractivity contribution >= 4 is 34.7 Å². The molecule has 3 rings (SSSR count). The summed E-state index contributed by atoms with van der Waals surface area (Å²) >= 11 is 7.51. The number of anilines is 1. The zero-order chi connectivity index (χ0) is 19.4. The van der Waals surface area contributed by atoms with Gasteiger partial charge in [0.1, 0.15) is 5.75 Å². The number of nitro benzene ring substituents is 1. The predicted octanol–water partition coefficient (Wildman–Crippen LogP) is 6.03. The molecule has 0 atom stereocenters. The minimum atomic E-state index is -0.416. The second kappa shape index (κ2) is 8.33. The van der Waals surface area contributed by atoms with E-state index in [1.54, 1.807) is 24.3 Å². The van der Waals surface area contributed by atoms with Crippen LogP contribution in [0.4, 0.5) is 11.4 Å². The lowest BCUT2D eigenvalue weighted by molar-refractivity contribution is -0.385. The molecular weight excluding hydrogens is 384 g/mol. The number of phenols is 1. The van der Waals surface area contributed by atoms with Crippen molar-refractivity contribution in [3.05, 3.63) is 86.9 Å². The molecule has 0 heterocycles. The number of aryl methyl sites for hydroxylation is 1. The molecule has 0 saturated heterocycles. The van der Waals surface area contributed by atoms with E-state index in [1.165, 1.54) is 29.5 Å². The average Bonchev–Trinajstić information content (AvgIpc) is 2.65. The summed E-state index contributed by atoms with van der Waals surface area (Å²) in [5.74, 6) is 0.0672. The minimum Gasteiger partial charge on any atom is -0.506 e. The van der Waals surface area contributed by atoms with Crippen LogP contribution in [0.1, 0.15) is 11.1 Å². The number of benzene rings is 3. The van der Waals surface area contributed by atoms with E-state index in [1.807, 2.05) is 31.2 Å². The highest BCUT2D eigenvalue weighted by atomic mass is 35.5. The number of halogens is 1. The number of rotatable bonds is 6. The van der Waals surface area contributed by atoms with E-state index < -0.39 is 4.92 Å². The highest BCUT2D eigenvalue weighted by Gasteiger charge is 2.13. The fourth-order valence-corrected chi connectivity index (χ4v) is 3.59. The summed E-state index contributed by atoms with van der Waals surface area (Å²) in [7, 11) is 0. The van der Waals surface area contributed by atoms with Crippen LogP contribution in [-0.2, 0) is 6.54 Å². The molecule has 7 heteroatoms. The van der Waals surface area contributed by atoms with Crippen LogP contribution in [0.3, 0.4) is 0 Å². The van der Waals surface area contributed by atoms with Crippen LogP contribution >= 0.6 is 23.4 Å². The van der Waals surface area contributed by atoms with Crippen molar-refractivity contribution < 1.29 is 10.0 Å². The quantitative estimate of drug-likeness (QED) is 0.300. The van der Waals surface area contributed by atoms with Crippen LogP contribution in [0.2, 0.25) is 5.02 Å². The standard InChI is InChI=1S/C20H17ClN2O3S/c1-13-2-6-17(7-3-13)27-20-9-5-16(23(25)26)10-14(20)12-22-18-11-15(21)4-8-19(18)24/h2-11,22,24H,12H2,1H3. The number of nitrogens with one attached hydrogen (secondary N) is 1. The number of nitro groups is 1. The molecule has 0 aliphatic heterocycles. The van der Waals surface area contributed by atoms with Gasteiger partial charge in [-0.25, -0.2) is 0 Å². The summed E-state index contributed by atoms with van der Waals surface area (Å²) in [6.45, 7) is 2.33. The fourth-order valence-electron chi connectivity index (χ4n) is 2.49. The largest absolute Gasteiger partial charge is 0.506 e. The first-order chi connectivity index (χ1) is 12.9. The number of hydrogen-bond donors (Lipinski definition) is 2. The number of hydrogen-bond acceptors (Lipinski definition) is 5. The monoisotopic (exact) mass is 400 g/mol. The zero-order valence-corrected chi connectivity index (χ0v) is 16.1. The van der Waals surface area contributed by atoms with Crippen molar-refractivity contribution in [2.75, 3.05) is 5.32 Å². The Morgan fingerprint density at radius 2 is 1.85 bits per heavy atom. The SMILES string of the molecule is Cc1ccc(Sc2ccc([N+](=O)[O-])cc2CNc2cc(Cl)ccc2O)cc1. The fraction of sp³-hybridized carbons (Fsp3) is 0.100. The van der Waals surface area contributed by atoms with E-state index in [4.69, 9.17) is 11.6 Å². The number of nitrogens with zero attached hydrogens (tertiary/aromatic N) is 1. The van der Waals surface area contributed by atoms with E-state index in [2.05, 4.69) is 5.32 Å². The molecule has 0 aliphatic rings. The van der Waals surface area contributed by atoms with Crippen molar-refractivity contribution in [2.45, 2.75) is 23.3 Å². The Kier molecular flexibility index (Phi) is 5.88. The Morgan fingerprint density at radius 3 is 2.56 bits per heavy atom. The molecule has 5 nitrogen and oxygen atoms in total. The molecule has 0 aromatic heterocycles. The summed E-state index contributed by atoms with van der Waals surface area (Å²) in [6.07, 6.45) is 0. The average molecular weight is 401 g/mol. The third kappa shape index (κ3) is 4.93. The van der Waals surface area contributed by atoms with Gasteiger partial charge in [-0.15, -0.1) is 0 Å². The first-order valence-corrected chi connectivity index (χ1v) is 9.36. The molecule has 3 aromatic carbocycles. The lowest BCUT2D eigenvalue weighted by Crippen LogP contribution is -2.02. The van der Waals surface area contributed by atoms with Crippen LogP contribution < -0.4 is 5.32 Å². The van der Waals surface area contributed by atoms with E-state index in [9.17, 15) is 15.2 Å². The van der Waals surface area contributed by atoms with Crippen molar-refractivity contribution in [2.24, 2.45) is 0 Å². The molecule has 0 unspecified atom stereocenters. The predicted molar refractivity (Wildman–Crippen MR) is 109 cm³/mol. The maximum atomic E-state index is 11.2. The molecule has 0 bridgehead atoms. The van der Waals surface area contributed by atoms with Gasteiger partial charge in [0.15, 0.2) is 0 Å². The number of aromatic hydroxyl groups is 1. The smallest absolute Gasteiger partial charge is 0.269 e. The normalized spacial score (nSPS) is 10.6. The van der Waals surface area contributed by atoms with E-state index in [0.29, 0.717) is 17.3 Å². The van der Waals surface area contributed by atoms with E-state index in [0.717, 1.165) is 15.4 Å². The molecule has 0 spiro atoms. The molecule has 3 aromatic rings. The molecule has 0 saturated carbocycles. The van der Waals surface area contributed by atoms with Gasteiger partial charge in [0.2, 0.25) is 0 Å². The summed E-state index contributed by atoms with van der Waals surface area (Å²) < 4.78 is 0. The summed E-state index contributed by atoms with van der Waals surface area (Å²) in [5, 5.41) is 24.7. The minimum absolute atomic E-state index is 0.0235. The molecule has 138 valence electrons. The van der Waals surface area contributed by atoms with Gasteiger partial charge < -0.3 is 10.4 Å². The number of phenolic OH excluding ortho intramolecular Hbond substituents is 1. The van der Waals surface area contributed by atoms with Crippen LogP contribution in [-0.4, -0.2) is 10.0 Å². The van der Waals surface area contributed by atoms with Crippen LogP contribution in [0.15, 0.2) is 70.5 Å². The summed E-state index contributed by atoms with van der Waals surface area (Å²) in [4.78, 5) is 12.7. The third-order valence-electron chi connectivity index (χ3n) is 3.93. The Hall–Kier alpha value is -2.70. The first kappa shape index (κ1) is 19.1. The lowest BCUT2D eigenvalue weighted by Gasteiger charge is -2.13. The molecule has 0 aliphatic carbocycles. The molecule has 2 N–H and O–H groups in total. The van der Waals surface area contributed by atoms with Crippen LogP contribution in [0.25, 0.3) is 0 Å². The molecule has 27 heavy (non-hydrogen) atoms. The topological polar surface area (TPSA) is 75.4 Å². The maximum Gasteiger partial charge on any atom is 0.269 e. The maximum absolute atomic E-state index is 11.2. The molecule has 0 amide bonds. The van der Waals surface area contributed by atoms with Gasteiger partial charge in [0.05, 0.1) is 10.6 Å². The Balaban J connectivity index is 1.88. The second-order valence-corrected chi connectivity index (χ2v) is 7.53. The summed E-state index contributed by atoms with van der Waals surface area (Å²) in [5.41, 5.74) is 2.42. The van der Waals surface area contributed by atoms with Crippen molar-refractivity contribution in [3.8, 4) is 5.75 Å².